The van der Waals surface area contributed by atoms with E-state index in [0.717, 1.165) is 24.0 Å². The monoisotopic (exact) mass is 486 g/mol. The van der Waals surface area contributed by atoms with E-state index in [4.69, 9.17) is 4.74 Å². The number of carbonyl (C=O) groups excluding carboxylic acids is 1. The average Bonchev–Trinajstić information content (AvgIpc) is 3.32. The Hall–Kier alpha value is -2.82. The van der Waals surface area contributed by atoms with Crippen molar-refractivity contribution in [3.05, 3.63) is 63.6 Å². The summed E-state index contributed by atoms with van der Waals surface area (Å²) in [5.74, 6) is 0.253. The molecule has 1 aromatic heterocycles. The number of piperidine rings is 1. The van der Waals surface area contributed by atoms with Crippen molar-refractivity contribution < 1.29 is 17.9 Å². The fraction of sp³-hybridized carbons (Fsp3) is 0.348. The summed E-state index contributed by atoms with van der Waals surface area (Å²) < 4.78 is 33.1. The zero-order chi connectivity index (χ0) is 23.6. The zero-order valence-corrected chi connectivity index (χ0v) is 20.4. The third-order valence-corrected chi connectivity index (χ3v) is 8.78. The van der Waals surface area contributed by atoms with Crippen LogP contribution >= 0.6 is 11.3 Å². The van der Waals surface area contributed by atoms with Gasteiger partial charge in [0.15, 0.2) is 0 Å². The van der Waals surface area contributed by atoms with Crippen molar-refractivity contribution >= 4 is 33.0 Å². The molecule has 2 heterocycles. The Labute approximate surface area is 197 Å². The van der Waals surface area contributed by atoms with Crippen molar-refractivity contribution in [1.29, 1.82) is 0 Å². The van der Waals surface area contributed by atoms with Crippen LogP contribution in [0.15, 0.2) is 47.4 Å². The van der Waals surface area contributed by atoms with Crippen LogP contribution in [0.4, 0.5) is 5.69 Å². The van der Waals surface area contributed by atoms with Gasteiger partial charge in [0.1, 0.15) is 10.8 Å². The summed E-state index contributed by atoms with van der Waals surface area (Å²) >= 11 is 1.21. The number of ether oxygens (including phenoxy) is 1. The number of nitrogens with zero attached hydrogens (tertiary/aromatic N) is 3. The molecule has 174 valence electrons. The number of nitrogens with one attached hydrogen (secondary N) is 1. The molecule has 10 heteroatoms. The van der Waals surface area contributed by atoms with Gasteiger partial charge in [-0.05, 0) is 74.2 Å². The summed E-state index contributed by atoms with van der Waals surface area (Å²) in [5.41, 5.74) is 2.63. The van der Waals surface area contributed by atoms with Gasteiger partial charge in [-0.25, -0.2) is 8.42 Å². The number of sulfonamides is 1. The van der Waals surface area contributed by atoms with Crippen molar-refractivity contribution in [1.82, 2.24) is 14.5 Å². The van der Waals surface area contributed by atoms with E-state index in [1.54, 1.807) is 43.5 Å². The van der Waals surface area contributed by atoms with E-state index in [9.17, 15) is 13.2 Å². The van der Waals surface area contributed by atoms with Gasteiger partial charge in [0.25, 0.3) is 5.91 Å². The van der Waals surface area contributed by atoms with Crippen molar-refractivity contribution in [2.45, 2.75) is 37.5 Å². The van der Waals surface area contributed by atoms with Crippen LogP contribution in [-0.2, 0) is 10.0 Å². The van der Waals surface area contributed by atoms with Crippen LogP contribution in [0.3, 0.4) is 0 Å². The molecule has 1 saturated heterocycles. The first-order chi connectivity index (χ1) is 15.8. The molecule has 1 amide bonds. The Bertz CT molecular complexity index is 1260. The van der Waals surface area contributed by atoms with Crippen LogP contribution in [0, 0.1) is 13.8 Å². The Morgan fingerprint density at radius 3 is 2.58 bits per heavy atom. The molecule has 0 saturated carbocycles. The number of aromatic nitrogens is 2. The number of benzene rings is 2. The molecular formula is C23H26N4O4S2. The number of rotatable bonds is 6. The minimum Gasteiger partial charge on any atom is -0.497 e. The molecular weight excluding hydrogens is 460 g/mol. The molecule has 1 atom stereocenters. The lowest BCUT2D eigenvalue weighted by molar-refractivity contribution is 0.102. The molecule has 1 aliphatic rings. The number of anilines is 1. The van der Waals surface area contributed by atoms with E-state index >= 15 is 0 Å². The molecule has 33 heavy (non-hydrogen) atoms. The first-order valence-corrected chi connectivity index (χ1v) is 12.9. The molecule has 8 nitrogen and oxygen atoms in total. The van der Waals surface area contributed by atoms with Crippen LogP contribution in [0.2, 0.25) is 0 Å². The first-order valence-electron chi connectivity index (χ1n) is 10.6. The highest BCUT2D eigenvalue weighted by atomic mass is 32.2. The Balaban J connectivity index is 1.46. The van der Waals surface area contributed by atoms with Crippen molar-refractivity contribution in [2.24, 2.45) is 0 Å². The predicted octanol–water partition coefficient (Wildman–Crippen LogP) is 3.98. The molecule has 2 aromatic carbocycles. The van der Waals surface area contributed by atoms with Crippen LogP contribution in [-0.4, -0.2) is 49.0 Å². The standard InChI is InChI=1S/C23H26N4O4S2/c1-15-6-11-20(13-16(15)2)33(29,30)27-12-4-5-17(14-27)22-25-26-23(32-22)21(28)24-18-7-9-19(31-3)10-8-18/h6-11,13,17H,4-5,12,14H2,1-3H3,(H,24,28)/t17-/m0/s1. The Kier molecular flexibility index (Phi) is 6.78. The second-order valence-corrected chi connectivity index (χ2v) is 11.0. The number of carbonyl (C=O) groups is 1. The molecule has 0 bridgehead atoms. The SMILES string of the molecule is COc1ccc(NC(=O)c2nnc([C@H]3CCCN(S(=O)(=O)c4ccc(C)c(C)c4)C3)s2)cc1. The molecule has 0 radical (unpaired) electrons. The van der Waals surface area contributed by atoms with Gasteiger partial charge >= 0.3 is 0 Å². The lowest BCUT2D eigenvalue weighted by Gasteiger charge is -2.30. The first kappa shape index (κ1) is 23.3. The predicted molar refractivity (Wildman–Crippen MR) is 128 cm³/mol. The van der Waals surface area contributed by atoms with Gasteiger partial charge in [0.2, 0.25) is 15.0 Å². The smallest absolute Gasteiger partial charge is 0.286 e. The highest BCUT2D eigenvalue weighted by molar-refractivity contribution is 7.89. The van der Waals surface area contributed by atoms with E-state index in [1.807, 2.05) is 19.9 Å². The molecule has 3 aromatic rings. The summed E-state index contributed by atoms with van der Waals surface area (Å²) in [6, 6.07) is 12.2. The summed E-state index contributed by atoms with van der Waals surface area (Å²) in [5, 5.41) is 12.0. The average molecular weight is 487 g/mol. The lowest BCUT2D eigenvalue weighted by Crippen LogP contribution is -2.39. The number of aryl methyl sites for hydroxylation is 2. The molecule has 1 fully saturated rings. The fourth-order valence-corrected chi connectivity index (χ4v) is 6.21. The van der Waals surface area contributed by atoms with Crippen LogP contribution in [0.5, 0.6) is 5.75 Å². The molecule has 1 aliphatic heterocycles. The maximum atomic E-state index is 13.2. The van der Waals surface area contributed by atoms with Crippen LogP contribution in [0.25, 0.3) is 0 Å². The van der Waals surface area contributed by atoms with Gasteiger partial charge in [-0.2, -0.15) is 4.31 Å². The number of methoxy groups -OCH3 is 1. The minimum absolute atomic E-state index is 0.0971. The summed E-state index contributed by atoms with van der Waals surface area (Å²) in [7, 11) is -2.02. The maximum absolute atomic E-state index is 13.2. The van der Waals surface area contributed by atoms with E-state index in [-0.39, 0.29) is 16.8 Å². The molecule has 0 unspecified atom stereocenters. The number of hydrogen-bond donors (Lipinski definition) is 1. The number of hydrogen-bond acceptors (Lipinski definition) is 7. The van der Waals surface area contributed by atoms with Crippen molar-refractivity contribution in [3.8, 4) is 5.75 Å². The maximum Gasteiger partial charge on any atom is 0.286 e. The Morgan fingerprint density at radius 2 is 1.88 bits per heavy atom. The van der Waals surface area contributed by atoms with Gasteiger partial charge in [-0.15, -0.1) is 10.2 Å². The summed E-state index contributed by atoms with van der Waals surface area (Å²) in [6.07, 6.45) is 1.52. The Morgan fingerprint density at radius 1 is 1.12 bits per heavy atom. The zero-order valence-electron chi connectivity index (χ0n) is 18.7. The normalized spacial score (nSPS) is 17.0. The van der Waals surface area contributed by atoms with Gasteiger partial charge in [0, 0.05) is 24.7 Å². The van der Waals surface area contributed by atoms with Crippen molar-refractivity contribution in [2.75, 3.05) is 25.5 Å². The van der Waals surface area contributed by atoms with Crippen molar-refractivity contribution in [3.63, 3.8) is 0 Å². The fourth-order valence-electron chi connectivity index (χ4n) is 3.74. The molecule has 1 N–H and O–H groups in total. The largest absolute Gasteiger partial charge is 0.497 e. The molecule has 4 rings (SSSR count). The third kappa shape index (κ3) is 5.07. The molecule has 0 spiro atoms. The second kappa shape index (κ2) is 9.58. The quantitative estimate of drug-likeness (QED) is 0.565. The van der Waals surface area contributed by atoms with E-state index in [2.05, 4.69) is 15.5 Å². The third-order valence-electron chi connectivity index (χ3n) is 5.83. The minimum atomic E-state index is -3.60. The van der Waals surface area contributed by atoms with E-state index < -0.39 is 10.0 Å². The van der Waals surface area contributed by atoms with Gasteiger partial charge < -0.3 is 10.1 Å². The van der Waals surface area contributed by atoms with E-state index in [1.165, 1.54) is 15.6 Å². The van der Waals surface area contributed by atoms with E-state index in [0.29, 0.717) is 34.4 Å². The molecule has 0 aliphatic carbocycles. The second-order valence-electron chi connectivity index (χ2n) is 8.08. The summed E-state index contributed by atoms with van der Waals surface area (Å²) in [6.45, 7) is 4.66. The highest BCUT2D eigenvalue weighted by Gasteiger charge is 2.33. The van der Waals surface area contributed by atoms with Gasteiger partial charge in [-0.1, -0.05) is 17.4 Å². The van der Waals surface area contributed by atoms with Crippen LogP contribution in [0.1, 0.15) is 44.7 Å². The number of amides is 1. The van der Waals surface area contributed by atoms with Crippen LogP contribution < -0.4 is 10.1 Å². The topological polar surface area (TPSA) is 101 Å². The van der Waals surface area contributed by atoms with Gasteiger partial charge in [-0.3, -0.25) is 4.79 Å². The van der Waals surface area contributed by atoms with Gasteiger partial charge in [0.05, 0.1) is 12.0 Å². The highest BCUT2D eigenvalue weighted by Crippen LogP contribution is 2.32. The lowest BCUT2D eigenvalue weighted by atomic mass is 10.0. The summed E-state index contributed by atoms with van der Waals surface area (Å²) in [4.78, 5) is 12.9.